The van der Waals surface area contributed by atoms with Gasteiger partial charge in [-0.3, -0.25) is 4.90 Å². The van der Waals surface area contributed by atoms with Crippen LogP contribution in [0, 0.1) is 0 Å². The van der Waals surface area contributed by atoms with E-state index < -0.39 is 0 Å². The van der Waals surface area contributed by atoms with Crippen molar-refractivity contribution in [2.45, 2.75) is 31.0 Å². The highest BCUT2D eigenvalue weighted by atomic mass is 35.5. The molecular weight excluding hydrogens is 268 g/mol. The summed E-state index contributed by atoms with van der Waals surface area (Å²) in [4.78, 5) is 13.8. The summed E-state index contributed by atoms with van der Waals surface area (Å²) in [5.74, 6) is 2.09. The number of fused-ring (bicyclic) bond motifs is 3. The second kappa shape index (κ2) is 4.87. The predicted octanol–water partition coefficient (Wildman–Crippen LogP) is 2.13. The first-order chi connectivity index (χ1) is 8.65. The molecule has 4 nitrogen and oxygen atoms in total. The third-order valence-electron chi connectivity index (χ3n) is 3.62. The summed E-state index contributed by atoms with van der Waals surface area (Å²) in [6.45, 7) is 7.78. The number of nitrogens with zero attached hydrogens (tertiary/aromatic N) is 4. The molecule has 1 aromatic rings. The Kier molecular flexibility index (Phi) is 3.38. The zero-order valence-corrected chi connectivity index (χ0v) is 12.2. The third kappa shape index (κ3) is 2.19. The fourth-order valence-corrected chi connectivity index (χ4v) is 3.87. The Labute approximate surface area is 117 Å². The Morgan fingerprint density at radius 3 is 3.06 bits per heavy atom. The molecule has 1 fully saturated rings. The number of rotatable bonds is 1. The first-order valence-corrected chi connectivity index (χ1v) is 7.67. The maximum absolute atomic E-state index is 5.90. The standard InChI is InChI=1S/C12H17ClN4S/c1-8(2)16-3-4-17-9(6-16)7-18-12-11(17)14-5-10(13)15-12/h5,8-9H,3-4,6-7H2,1-2H3. The minimum atomic E-state index is 0.487. The average Bonchev–Trinajstić information content (AvgIpc) is 2.37. The van der Waals surface area contributed by atoms with Gasteiger partial charge in [0.05, 0.1) is 12.2 Å². The minimum absolute atomic E-state index is 0.487. The summed E-state index contributed by atoms with van der Waals surface area (Å²) in [5, 5.41) is 1.47. The van der Waals surface area contributed by atoms with Crippen LogP contribution in [-0.4, -0.2) is 52.3 Å². The Morgan fingerprint density at radius 2 is 2.28 bits per heavy atom. The van der Waals surface area contributed by atoms with Crippen molar-refractivity contribution in [3.63, 3.8) is 0 Å². The van der Waals surface area contributed by atoms with E-state index >= 15 is 0 Å². The second-order valence-corrected chi connectivity index (χ2v) is 6.46. The lowest BCUT2D eigenvalue weighted by Crippen LogP contribution is -2.57. The van der Waals surface area contributed by atoms with E-state index in [0.29, 0.717) is 17.2 Å². The van der Waals surface area contributed by atoms with Gasteiger partial charge in [-0.1, -0.05) is 11.6 Å². The number of anilines is 1. The molecule has 3 heterocycles. The molecule has 18 heavy (non-hydrogen) atoms. The molecule has 1 atom stereocenters. The zero-order chi connectivity index (χ0) is 12.7. The van der Waals surface area contributed by atoms with Crippen LogP contribution in [-0.2, 0) is 0 Å². The molecule has 3 rings (SSSR count). The number of thioether (sulfide) groups is 1. The summed E-state index contributed by atoms with van der Waals surface area (Å²) in [6.07, 6.45) is 1.65. The van der Waals surface area contributed by atoms with Gasteiger partial charge in [0, 0.05) is 31.4 Å². The van der Waals surface area contributed by atoms with E-state index in [-0.39, 0.29) is 0 Å². The Morgan fingerprint density at radius 1 is 1.44 bits per heavy atom. The van der Waals surface area contributed by atoms with Gasteiger partial charge in [0.25, 0.3) is 0 Å². The lowest BCUT2D eigenvalue weighted by Gasteiger charge is -2.45. The minimum Gasteiger partial charge on any atom is -0.348 e. The molecule has 2 aliphatic heterocycles. The third-order valence-corrected chi connectivity index (χ3v) is 4.90. The van der Waals surface area contributed by atoms with Crippen LogP contribution < -0.4 is 4.90 Å². The highest BCUT2D eigenvalue weighted by molar-refractivity contribution is 7.99. The molecule has 1 aromatic heterocycles. The van der Waals surface area contributed by atoms with E-state index in [1.807, 2.05) is 0 Å². The Balaban J connectivity index is 1.84. The van der Waals surface area contributed by atoms with Gasteiger partial charge in [0.2, 0.25) is 0 Å². The van der Waals surface area contributed by atoms with Crippen LogP contribution in [0.5, 0.6) is 0 Å². The number of hydrogen-bond donors (Lipinski definition) is 0. The number of halogens is 1. The van der Waals surface area contributed by atoms with Crippen molar-refractivity contribution in [1.29, 1.82) is 0 Å². The van der Waals surface area contributed by atoms with Gasteiger partial charge in [0.1, 0.15) is 10.2 Å². The van der Waals surface area contributed by atoms with Crippen molar-refractivity contribution in [3.8, 4) is 0 Å². The highest BCUT2D eigenvalue weighted by Gasteiger charge is 2.34. The molecular formula is C12H17ClN4S. The van der Waals surface area contributed by atoms with Gasteiger partial charge in [-0.15, -0.1) is 11.8 Å². The predicted molar refractivity (Wildman–Crippen MR) is 75.6 cm³/mol. The van der Waals surface area contributed by atoms with E-state index in [1.54, 1.807) is 18.0 Å². The maximum Gasteiger partial charge on any atom is 0.161 e. The van der Waals surface area contributed by atoms with E-state index in [4.69, 9.17) is 11.6 Å². The largest absolute Gasteiger partial charge is 0.348 e. The first kappa shape index (κ1) is 12.5. The van der Waals surface area contributed by atoms with E-state index in [1.165, 1.54) is 0 Å². The lowest BCUT2D eigenvalue weighted by atomic mass is 10.1. The molecule has 0 spiro atoms. The molecule has 0 saturated carbocycles. The summed E-state index contributed by atoms with van der Waals surface area (Å²) >= 11 is 7.68. The second-order valence-electron chi connectivity index (χ2n) is 5.07. The van der Waals surface area contributed by atoms with Crippen LogP contribution in [0.2, 0.25) is 5.15 Å². The molecule has 1 unspecified atom stereocenters. The van der Waals surface area contributed by atoms with Crippen LogP contribution in [0.3, 0.4) is 0 Å². The number of piperazine rings is 1. The quantitative estimate of drug-likeness (QED) is 0.789. The topological polar surface area (TPSA) is 32.3 Å². The molecule has 0 N–H and O–H groups in total. The van der Waals surface area contributed by atoms with Gasteiger partial charge in [-0.05, 0) is 13.8 Å². The zero-order valence-electron chi connectivity index (χ0n) is 10.6. The van der Waals surface area contributed by atoms with Gasteiger partial charge < -0.3 is 4.90 Å². The van der Waals surface area contributed by atoms with Crippen molar-refractivity contribution in [3.05, 3.63) is 11.3 Å². The van der Waals surface area contributed by atoms with Crippen LogP contribution in [0.1, 0.15) is 13.8 Å². The van der Waals surface area contributed by atoms with Crippen molar-refractivity contribution in [1.82, 2.24) is 14.9 Å². The Hall–Kier alpha value is -0.520. The fraction of sp³-hybridized carbons (Fsp3) is 0.667. The first-order valence-electron chi connectivity index (χ1n) is 6.31. The van der Waals surface area contributed by atoms with Crippen LogP contribution in [0.4, 0.5) is 5.82 Å². The normalized spacial score (nSPS) is 24.0. The SMILES string of the molecule is CC(C)N1CCN2c3ncc(Cl)nc3SCC2C1. The fourth-order valence-electron chi connectivity index (χ4n) is 2.58. The summed E-state index contributed by atoms with van der Waals surface area (Å²) in [5.41, 5.74) is 0. The molecule has 6 heteroatoms. The van der Waals surface area contributed by atoms with Crippen molar-refractivity contribution in [2.75, 3.05) is 30.3 Å². The molecule has 0 bridgehead atoms. The highest BCUT2D eigenvalue weighted by Crippen LogP contribution is 2.36. The van der Waals surface area contributed by atoms with Gasteiger partial charge >= 0.3 is 0 Å². The Bertz CT molecular complexity index is 454. The van der Waals surface area contributed by atoms with Gasteiger partial charge in [-0.2, -0.15) is 0 Å². The molecule has 0 radical (unpaired) electrons. The van der Waals surface area contributed by atoms with E-state index in [2.05, 4.69) is 33.6 Å². The summed E-state index contributed by atoms with van der Waals surface area (Å²) < 4.78 is 0. The van der Waals surface area contributed by atoms with Crippen molar-refractivity contribution >= 4 is 29.2 Å². The number of hydrogen-bond acceptors (Lipinski definition) is 5. The maximum atomic E-state index is 5.90. The smallest absolute Gasteiger partial charge is 0.161 e. The van der Waals surface area contributed by atoms with Crippen molar-refractivity contribution < 1.29 is 0 Å². The van der Waals surface area contributed by atoms with Crippen LogP contribution in [0.25, 0.3) is 0 Å². The number of aromatic nitrogens is 2. The van der Waals surface area contributed by atoms with Crippen LogP contribution in [0.15, 0.2) is 11.2 Å². The molecule has 0 aliphatic carbocycles. The molecule has 98 valence electrons. The molecule has 0 aromatic carbocycles. The molecule has 2 aliphatic rings. The van der Waals surface area contributed by atoms with E-state index in [9.17, 15) is 0 Å². The molecule has 1 saturated heterocycles. The summed E-state index contributed by atoms with van der Waals surface area (Å²) in [6, 6.07) is 1.17. The van der Waals surface area contributed by atoms with Crippen molar-refractivity contribution in [2.24, 2.45) is 0 Å². The van der Waals surface area contributed by atoms with Crippen LogP contribution >= 0.6 is 23.4 Å². The summed E-state index contributed by atoms with van der Waals surface area (Å²) in [7, 11) is 0. The monoisotopic (exact) mass is 284 g/mol. The lowest BCUT2D eigenvalue weighted by molar-refractivity contribution is 0.185. The van der Waals surface area contributed by atoms with E-state index in [0.717, 1.165) is 36.2 Å². The van der Waals surface area contributed by atoms with Gasteiger partial charge in [0.15, 0.2) is 5.82 Å². The van der Waals surface area contributed by atoms with Gasteiger partial charge in [-0.25, -0.2) is 9.97 Å². The molecule has 0 amide bonds. The average molecular weight is 285 g/mol.